The molecule has 0 heterocycles. The van der Waals surface area contributed by atoms with E-state index in [9.17, 15) is 14.0 Å². The van der Waals surface area contributed by atoms with Gasteiger partial charge in [-0.15, -0.1) is 11.8 Å². The van der Waals surface area contributed by atoms with E-state index >= 15 is 0 Å². The molecule has 2 rings (SSSR count). The van der Waals surface area contributed by atoms with E-state index in [0.717, 1.165) is 11.1 Å². The van der Waals surface area contributed by atoms with Gasteiger partial charge in [-0.2, -0.15) is 0 Å². The number of halogens is 3. The van der Waals surface area contributed by atoms with Gasteiger partial charge in [0.25, 0.3) is 0 Å². The van der Waals surface area contributed by atoms with E-state index in [1.165, 1.54) is 28.8 Å². The van der Waals surface area contributed by atoms with Crippen molar-refractivity contribution in [3.63, 3.8) is 0 Å². The highest BCUT2D eigenvalue weighted by atomic mass is 35.5. The largest absolute Gasteiger partial charge is 0.350 e. The molecule has 0 saturated carbocycles. The number of amides is 2. The van der Waals surface area contributed by atoms with Crippen molar-refractivity contribution in [1.29, 1.82) is 0 Å². The monoisotopic (exact) mass is 484 g/mol. The molecule has 0 radical (unpaired) electrons. The van der Waals surface area contributed by atoms with Crippen LogP contribution in [0, 0.1) is 5.82 Å². The van der Waals surface area contributed by atoms with E-state index < -0.39 is 11.6 Å². The minimum atomic E-state index is -0.674. The number of benzene rings is 2. The first-order chi connectivity index (χ1) is 14.5. The maximum Gasteiger partial charge on any atom is 0.242 e. The van der Waals surface area contributed by atoms with Crippen LogP contribution in [0.4, 0.5) is 4.39 Å². The van der Waals surface area contributed by atoms with Crippen LogP contribution < -0.4 is 5.32 Å². The Kier molecular flexibility index (Phi) is 9.22. The number of thioether (sulfide) groups is 1. The molecule has 0 bridgehead atoms. The number of rotatable bonds is 8. The molecule has 168 valence electrons. The Morgan fingerprint density at radius 3 is 2.26 bits per heavy atom. The molecule has 1 atom stereocenters. The molecule has 4 nitrogen and oxygen atoms in total. The van der Waals surface area contributed by atoms with Gasteiger partial charge >= 0.3 is 0 Å². The Hall–Kier alpha value is -1.76. The van der Waals surface area contributed by atoms with Gasteiger partial charge in [0.2, 0.25) is 11.8 Å². The molecule has 0 saturated heterocycles. The van der Waals surface area contributed by atoms with Crippen LogP contribution in [0.1, 0.15) is 38.8 Å². The van der Waals surface area contributed by atoms with Gasteiger partial charge in [-0.05, 0) is 63.1 Å². The maximum atomic E-state index is 13.1. The van der Waals surface area contributed by atoms with E-state index in [-0.39, 0.29) is 29.9 Å². The number of nitrogens with one attached hydrogen (secondary N) is 1. The third-order valence-corrected chi connectivity index (χ3v) is 6.14. The topological polar surface area (TPSA) is 49.4 Å². The Morgan fingerprint density at radius 2 is 1.68 bits per heavy atom. The highest BCUT2D eigenvalue weighted by Crippen LogP contribution is 2.24. The number of carbonyl (C=O) groups excluding carboxylic acids is 2. The molecular formula is C23H27Cl2FN2O2S. The molecule has 0 aromatic heterocycles. The summed E-state index contributed by atoms with van der Waals surface area (Å²) in [6.07, 6.45) is 0. The van der Waals surface area contributed by atoms with Crippen molar-refractivity contribution in [2.75, 3.05) is 5.75 Å². The lowest BCUT2D eigenvalue weighted by Crippen LogP contribution is -2.52. The SMILES string of the molecule is C[C@@H](C(=O)NC(C)(C)C)N(Cc1ccc(Cl)c(Cl)c1)C(=O)CSCc1ccc(F)cc1. The lowest BCUT2D eigenvalue weighted by molar-refractivity contribution is -0.139. The minimum absolute atomic E-state index is 0.172. The fourth-order valence-corrected chi connectivity index (χ4v) is 4.00. The van der Waals surface area contributed by atoms with Gasteiger partial charge in [0, 0.05) is 17.8 Å². The molecule has 0 aliphatic heterocycles. The van der Waals surface area contributed by atoms with Crippen molar-refractivity contribution in [3.05, 3.63) is 69.5 Å². The number of nitrogens with zero attached hydrogens (tertiary/aromatic N) is 1. The van der Waals surface area contributed by atoms with E-state index in [2.05, 4.69) is 5.32 Å². The molecule has 0 fully saturated rings. The molecule has 0 spiro atoms. The molecule has 8 heteroatoms. The van der Waals surface area contributed by atoms with Gasteiger partial charge in [0.15, 0.2) is 0 Å². The third-order valence-electron chi connectivity index (χ3n) is 4.41. The smallest absolute Gasteiger partial charge is 0.242 e. The van der Waals surface area contributed by atoms with Crippen molar-refractivity contribution < 1.29 is 14.0 Å². The summed E-state index contributed by atoms with van der Waals surface area (Å²) in [6, 6.07) is 10.7. The lowest BCUT2D eigenvalue weighted by atomic mass is 10.1. The normalized spacial score (nSPS) is 12.4. The Bertz CT molecular complexity index is 917. The summed E-state index contributed by atoms with van der Waals surface area (Å²) in [5.74, 6) is 0.0524. The highest BCUT2D eigenvalue weighted by Gasteiger charge is 2.28. The first kappa shape index (κ1) is 25.5. The van der Waals surface area contributed by atoms with Crippen LogP contribution >= 0.6 is 35.0 Å². The fourth-order valence-electron chi connectivity index (χ4n) is 2.81. The molecule has 0 unspecified atom stereocenters. The minimum Gasteiger partial charge on any atom is -0.350 e. The van der Waals surface area contributed by atoms with Gasteiger partial charge < -0.3 is 10.2 Å². The summed E-state index contributed by atoms with van der Waals surface area (Å²) in [6.45, 7) is 7.61. The van der Waals surface area contributed by atoms with Crippen molar-refractivity contribution >= 4 is 46.8 Å². The second-order valence-corrected chi connectivity index (χ2v) is 10.1. The van der Waals surface area contributed by atoms with E-state index in [1.807, 2.05) is 20.8 Å². The molecule has 2 amide bonds. The zero-order valence-electron chi connectivity index (χ0n) is 18.0. The van der Waals surface area contributed by atoms with Crippen LogP contribution in [0.3, 0.4) is 0 Å². The third kappa shape index (κ3) is 8.36. The highest BCUT2D eigenvalue weighted by molar-refractivity contribution is 7.99. The molecule has 0 aliphatic carbocycles. The van der Waals surface area contributed by atoms with Gasteiger partial charge in [0.1, 0.15) is 11.9 Å². The number of carbonyl (C=O) groups is 2. The Labute approximate surface area is 197 Å². The average Bonchev–Trinajstić information content (AvgIpc) is 2.68. The molecule has 1 N–H and O–H groups in total. The predicted molar refractivity (Wildman–Crippen MR) is 127 cm³/mol. The summed E-state index contributed by atoms with van der Waals surface area (Å²) in [7, 11) is 0. The van der Waals surface area contributed by atoms with Crippen LogP contribution in [-0.2, 0) is 21.9 Å². The molecule has 0 aliphatic rings. The number of hydrogen-bond donors (Lipinski definition) is 1. The van der Waals surface area contributed by atoms with Crippen molar-refractivity contribution in [3.8, 4) is 0 Å². The molecule has 31 heavy (non-hydrogen) atoms. The van der Waals surface area contributed by atoms with Crippen molar-refractivity contribution in [2.24, 2.45) is 0 Å². The predicted octanol–water partition coefficient (Wildman–Crippen LogP) is 5.70. The molecular weight excluding hydrogens is 458 g/mol. The van der Waals surface area contributed by atoms with Gasteiger partial charge in [-0.3, -0.25) is 9.59 Å². The van der Waals surface area contributed by atoms with Crippen LogP contribution in [-0.4, -0.2) is 34.0 Å². The summed E-state index contributed by atoms with van der Waals surface area (Å²) in [5.41, 5.74) is 1.29. The number of hydrogen-bond acceptors (Lipinski definition) is 3. The molecule has 2 aromatic carbocycles. The molecule has 2 aromatic rings. The lowest BCUT2D eigenvalue weighted by Gasteiger charge is -2.31. The Morgan fingerprint density at radius 1 is 1.06 bits per heavy atom. The van der Waals surface area contributed by atoms with E-state index in [4.69, 9.17) is 23.2 Å². The Balaban J connectivity index is 2.12. The average molecular weight is 485 g/mol. The summed E-state index contributed by atoms with van der Waals surface area (Å²) >= 11 is 13.5. The zero-order valence-corrected chi connectivity index (χ0v) is 20.4. The van der Waals surface area contributed by atoms with E-state index in [1.54, 1.807) is 37.3 Å². The first-order valence-corrected chi connectivity index (χ1v) is 11.7. The summed E-state index contributed by atoms with van der Waals surface area (Å²) < 4.78 is 13.1. The first-order valence-electron chi connectivity index (χ1n) is 9.84. The van der Waals surface area contributed by atoms with Gasteiger partial charge in [-0.1, -0.05) is 41.4 Å². The summed E-state index contributed by atoms with van der Waals surface area (Å²) in [4.78, 5) is 27.3. The van der Waals surface area contributed by atoms with Crippen molar-refractivity contribution in [1.82, 2.24) is 10.2 Å². The van der Waals surface area contributed by atoms with Crippen LogP contribution in [0.5, 0.6) is 0 Å². The van der Waals surface area contributed by atoms with Crippen LogP contribution in [0.25, 0.3) is 0 Å². The van der Waals surface area contributed by atoms with Crippen LogP contribution in [0.2, 0.25) is 10.0 Å². The maximum absolute atomic E-state index is 13.1. The fraction of sp³-hybridized carbons (Fsp3) is 0.391. The summed E-state index contributed by atoms with van der Waals surface area (Å²) in [5, 5.41) is 3.75. The quantitative estimate of drug-likeness (QED) is 0.522. The standard InChI is InChI=1S/C23H27Cl2FN2O2S/c1-15(22(30)27-23(2,3)4)28(12-17-7-10-19(24)20(25)11-17)21(29)14-31-13-16-5-8-18(26)9-6-16/h5-11,15H,12-14H2,1-4H3,(H,27,30)/t15-/m0/s1. The van der Waals surface area contributed by atoms with Crippen LogP contribution in [0.15, 0.2) is 42.5 Å². The second kappa shape index (κ2) is 11.2. The van der Waals surface area contributed by atoms with Gasteiger partial charge in [-0.25, -0.2) is 4.39 Å². The van der Waals surface area contributed by atoms with E-state index in [0.29, 0.717) is 15.8 Å². The second-order valence-electron chi connectivity index (χ2n) is 8.30. The van der Waals surface area contributed by atoms with Crippen molar-refractivity contribution in [2.45, 2.75) is 51.6 Å². The zero-order chi connectivity index (χ0) is 23.2. The van der Waals surface area contributed by atoms with Gasteiger partial charge in [0.05, 0.1) is 15.8 Å².